The first-order valence-corrected chi connectivity index (χ1v) is 10.2. The van der Waals surface area contributed by atoms with Crippen molar-refractivity contribution < 1.29 is 24.4 Å². The first kappa shape index (κ1) is 18.9. The molecule has 2 aliphatic heterocycles. The second-order valence-corrected chi connectivity index (χ2v) is 8.32. The van der Waals surface area contributed by atoms with Gasteiger partial charge in [0.05, 0.1) is 18.3 Å². The lowest BCUT2D eigenvalue weighted by Gasteiger charge is -2.33. The first-order chi connectivity index (χ1) is 15.5. The molecule has 6 rings (SSSR count). The predicted octanol–water partition coefficient (Wildman–Crippen LogP) is 3.41. The summed E-state index contributed by atoms with van der Waals surface area (Å²) in [5, 5.41) is 10.2. The van der Waals surface area contributed by atoms with E-state index in [9.17, 15) is 18.4 Å². The van der Waals surface area contributed by atoms with Crippen LogP contribution in [0.4, 0.5) is 19.3 Å². The van der Waals surface area contributed by atoms with Crippen LogP contribution < -0.4 is 5.32 Å². The quantitative estimate of drug-likeness (QED) is 0.675. The molecule has 2 unspecified atom stereocenters. The highest BCUT2D eigenvalue weighted by Gasteiger charge is 2.42. The summed E-state index contributed by atoms with van der Waals surface area (Å²) >= 11 is 0. The van der Waals surface area contributed by atoms with Gasteiger partial charge in [0.25, 0.3) is 0 Å². The number of carbonyl (C=O) groups is 2. The minimum Gasteiger partial charge on any atom is -0.333 e. The Morgan fingerprint density at radius 1 is 1.22 bits per heavy atom. The van der Waals surface area contributed by atoms with E-state index in [1.54, 1.807) is 4.90 Å². The Balaban J connectivity index is 0.00000228. The lowest BCUT2D eigenvalue weighted by Crippen LogP contribution is -2.48. The third kappa shape index (κ3) is 2.86. The van der Waals surface area contributed by atoms with Crippen LogP contribution in [0.5, 0.6) is 0 Å². The Morgan fingerprint density at radius 3 is 2.91 bits per heavy atom. The maximum absolute atomic E-state index is 14.2. The van der Waals surface area contributed by atoms with E-state index >= 15 is 0 Å². The van der Waals surface area contributed by atoms with E-state index in [1.807, 2.05) is 18.2 Å². The highest BCUT2D eigenvalue weighted by atomic mass is 19.2. The molecule has 32 heavy (non-hydrogen) atoms. The molecule has 3 heterocycles. The molecule has 1 fully saturated rings. The van der Waals surface area contributed by atoms with Crippen molar-refractivity contribution in [1.82, 2.24) is 20.1 Å². The molecule has 3 aromatic rings. The highest BCUT2D eigenvalue weighted by Crippen LogP contribution is 2.42. The van der Waals surface area contributed by atoms with Gasteiger partial charge in [-0.25, -0.2) is 18.2 Å². The fraction of sp³-hybridized carbons (Fsp3) is 0.273. The largest absolute Gasteiger partial charge is 0.333 e. The summed E-state index contributed by atoms with van der Waals surface area (Å²) in [6, 6.07) is 7.30. The van der Waals surface area contributed by atoms with Crippen LogP contribution >= 0.6 is 0 Å². The molecule has 3 amide bonds. The Morgan fingerprint density at radius 2 is 2.06 bits per heavy atom. The normalized spacial score (nSPS) is 21.7. The third-order valence-corrected chi connectivity index (χ3v) is 6.42. The number of amides is 3. The van der Waals surface area contributed by atoms with Gasteiger partial charge in [0, 0.05) is 13.5 Å². The van der Waals surface area contributed by atoms with Crippen LogP contribution in [0, 0.1) is 17.6 Å². The number of fused-ring (bicyclic) bond motifs is 4. The SMILES string of the molecule is O=C1Nc2ccc(F)c(F)c2CN1CC(=O)N1CC2C=C(c3ccc4nonc4c3)C1C2.[HH]. The van der Waals surface area contributed by atoms with E-state index in [1.165, 1.54) is 11.0 Å². The number of halogens is 2. The minimum atomic E-state index is -1.01. The number of nitrogens with zero attached hydrogens (tertiary/aromatic N) is 4. The van der Waals surface area contributed by atoms with Gasteiger partial charge in [-0.05, 0) is 58.1 Å². The van der Waals surface area contributed by atoms with Crippen molar-refractivity contribution in [2.24, 2.45) is 5.92 Å². The molecule has 164 valence electrons. The molecule has 1 aliphatic carbocycles. The molecule has 1 saturated heterocycles. The van der Waals surface area contributed by atoms with Gasteiger partial charge in [0.1, 0.15) is 17.6 Å². The number of nitrogens with one attached hydrogen (secondary N) is 1. The fourth-order valence-corrected chi connectivity index (χ4v) is 4.88. The molecule has 0 saturated carbocycles. The van der Waals surface area contributed by atoms with Crippen LogP contribution in [0.25, 0.3) is 16.6 Å². The zero-order chi connectivity index (χ0) is 22.0. The summed E-state index contributed by atoms with van der Waals surface area (Å²) in [4.78, 5) is 28.5. The number of rotatable bonds is 3. The number of carbonyl (C=O) groups excluding carboxylic acids is 2. The van der Waals surface area contributed by atoms with Crippen LogP contribution in [0.1, 0.15) is 19.0 Å². The maximum atomic E-state index is 14.2. The van der Waals surface area contributed by atoms with Gasteiger partial charge in [-0.3, -0.25) is 4.79 Å². The van der Waals surface area contributed by atoms with Crippen molar-refractivity contribution in [2.75, 3.05) is 18.4 Å². The highest BCUT2D eigenvalue weighted by molar-refractivity contribution is 5.95. The average Bonchev–Trinajstić information content (AvgIpc) is 3.52. The Hall–Kier alpha value is -3.82. The van der Waals surface area contributed by atoms with E-state index in [4.69, 9.17) is 4.63 Å². The predicted molar refractivity (Wildman–Crippen MR) is 111 cm³/mol. The Bertz CT molecular complexity index is 1330. The molecule has 2 bridgehead atoms. The van der Waals surface area contributed by atoms with Crippen LogP contribution in [-0.2, 0) is 11.3 Å². The molecular formula is C22H19F2N5O3. The summed E-state index contributed by atoms with van der Waals surface area (Å²) in [5.74, 6) is -2.00. The van der Waals surface area contributed by atoms with Gasteiger partial charge in [-0.2, -0.15) is 0 Å². The minimum absolute atomic E-state index is 0. The molecule has 1 N–H and O–H groups in total. The molecule has 0 radical (unpaired) electrons. The van der Waals surface area contributed by atoms with Crippen molar-refractivity contribution in [1.29, 1.82) is 0 Å². The van der Waals surface area contributed by atoms with Gasteiger partial charge in [-0.15, -0.1) is 0 Å². The average molecular weight is 439 g/mol. The molecule has 0 spiro atoms. The Kier molecular flexibility index (Phi) is 4.04. The van der Waals surface area contributed by atoms with Gasteiger partial charge >= 0.3 is 6.03 Å². The van der Waals surface area contributed by atoms with Gasteiger partial charge in [0.15, 0.2) is 11.6 Å². The zero-order valence-electron chi connectivity index (χ0n) is 16.7. The number of benzene rings is 2. The van der Waals surface area contributed by atoms with Crippen molar-refractivity contribution in [3.05, 3.63) is 59.2 Å². The third-order valence-electron chi connectivity index (χ3n) is 6.42. The smallest absolute Gasteiger partial charge is 0.322 e. The first-order valence-electron chi connectivity index (χ1n) is 10.2. The Labute approximate surface area is 181 Å². The number of urea groups is 1. The van der Waals surface area contributed by atoms with Crippen LogP contribution in [0.3, 0.4) is 0 Å². The summed E-state index contributed by atoms with van der Waals surface area (Å²) in [5.41, 5.74) is 3.53. The maximum Gasteiger partial charge on any atom is 0.322 e. The van der Waals surface area contributed by atoms with Gasteiger partial charge in [0.2, 0.25) is 5.91 Å². The second kappa shape index (κ2) is 6.84. The van der Waals surface area contributed by atoms with Crippen LogP contribution in [0.2, 0.25) is 0 Å². The monoisotopic (exact) mass is 439 g/mol. The fourth-order valence-electron chi connectivity index (χ4n) is 4.88. The molecule has 2 atom stereocenters. The van der Waals surface area contributed by atoms with E-state index in [0.29, 0.717) is 17.6 Å². The van der Waals surface area contributed by atoms with Crippen molar-refractivity contribution in [3.63, 3.8) is 0 Å². The van der Waals surface area contributed by atoms with E-state index in [-0.39, 0.29) is 43.6 Å². The number of likely N-dealkylation sites (tertiary alicyclic amines) is 1. The zero-order valence-corrected chi connectivity index (χ0v) is 16.7. The summed E-state index contributed by atoms with van der Waals surface area (Å²) < 4.78 is 32.6. The summed E-state index contributed by atoms with van der Waals surface area (Å²) in [6.07, 6.45) is 2.98. The van der Waals surface area contributed by atoms with Crippen molar-refractivity contribution >= 4 is 34.2 Å². The molecule has 1 aromatic heterocycles. The number of aromatic nitrogens is 2. The van der Waals surface area contributed by atoms with Crippen LogP contribution in [0.15, 0.2) is 41.0 Å². The van der Waals surface area contributed by atoms with E-state index < -0.39 is 17.7 Å². The summed E-state index contributed by atoms with van der Waals surface area (Å²) in [6.45, 7) is 0.177. The molecule has 8 nitrogen and oxygen atoms in total. The van der Waals surface area contributed by atoms with Crippen LogP contribution in [-0.4, -0.2) is 51.2 Å². The van der Waals surface area contributed by atoms with Gasteiger partial charge in [-0.1, -0.05) is 12.1 Å². The summed E-state index contributed by atoms with van der Waals surface area (Å²) in [7, 11) is 0. The second-order valence-electron chi connectivity index (χ2n) is 8.32. The van der Waals surface area contributed by atoms with E-state index in [2.05, 4.69) is 21.7 Å². The lowest BCUT2D eigenvalue weighted by atomic mass is 9.99. The number of anilines is 1. The molecule has 2 aromatic carbocycles. The lowest BCUT2D eigenvalue weighted by molar-refractivity contribution is -0.132. The molecule has 10 heteroatoms. The number of hydrogen-bond acceptors (Lipinski definition) is 5. The van der Waals surface area contributed by atoms with E-state index in [0.717, 1.165) is 23.6 Å². The molecular weight excluding hydrogens is 420 g/mol. The van der Waals surface area contributed by atoms with Crippen molar-refractivity contribution in [3.8, 4) is 0 Å². The molecule has 3 aliphatic rings. The number of hydrogen-bond donors (Lipinski definition) is 1. The standard InChI is InChI=1S/C22H17F2N5O3.H2/c23-15-2-4-16-14(21(15)24)9-28(22(31)25-16)10-20(30)29-8-11-5-13(19(29)6-11)12-1-3-17-18(7-12)27-32-26-17;/h1-5,7,11,19H,6,8-10H2,(H,25,31);1H. The van der Waals surface area contributed by atoms with Crippen molar-refractivity contribution in [2.45, 2.75) is 19.0 Å². The topological polar surface area (TPSA) is 91.6 Å². The van der Waals surface area contributed by atoms with Gasteiger partial charge < -0.3 is 15.1 Å².